The van der Waals surface area contributed by atoms with E-state index in [0.717, 1.165) is 4.88 Å². The first-order valence-corrected chi connectivity index (χ1v) is 6.88. The second-order valence-electron chi connectivity index (χ2n) is 4.28. The Hall–Kier alpha value is -2.14. The van der Waals surface area contributed by atoms with E-state index in [4.69, 9.17) is 4.74 Å². The maximum atomic E-state index is 12.4. The number of carbonyl (C=O) groups is 2. The van der Waals surface area contributed by atoms with Crippen LogP contribution in [0.25, 0.3) is 0 Å². The summed E-state index contributed by atoms with van der Waals surface area (Å²) in [6.45, 7) is 1.95. The normalized spacial score (nSPS) is 10.2. The molecule has 5 heteroatoms. The third-order valence-electron chi connectivity index (χ3n) is 2.93. The van der Waals surface area contributed by atoms with Gasteiger partial charge in [-0.05, 0) is 31.2 Å². The molecule has 0 aliphatic rings. The number of anilines is 1. The molecule has 1 heterocycles. The molecule has 0 aliphatic heterocycles. The maximum Gasteiger partial charge on any atom is 0.339 e. The van der Waals surface area contributed by atoms with E-state index in [1.807, 2.05) is 13.0 Å². The van der Waals surface area contributed by atoms with Gasteiger partial charge in [0.25, 0.3) is 5.91 Å². The van der Waals surface area contributed by atoms with Gasteiger partial charge in [0.1, 0.15) is 0 Å². The molecular formula is C15H15NO3S. The minimum Gasteiger partial charge on any atom is -0.465 e. The van der Waals surface area contributed by atoms with Crippen molar-refractivity contribution in [1.82, 2.24) is 0 Å². The summed E-state index contributed by atoms with van der Waals surface area (Å²) >= 11 is 1.43. The molecule has 0 spiro atoms. The highest BCUT2D eigenvalue weighted by molar-refractivity contribution is 7.14. The minimum absolute atomic E-state index is 0.139. The third-order valence-corrected chi connectivity index (χ3v) is 3.92. The largest absolute Gasteiger partial charge is 0.465 e. The summed E-state index contributed by atoms with van der Waals surface area (Å²) in [7, 11) is 2.97. The third kappa shape index (κ3) is 2.72. The Balaban J connectivity index is 2.36. The van der Waals surface area contributed by atoms with E-state index in [1.54, 1.807) is 37.4 Å². The van der Waals surface area contributed by atoms with Crippen LogP contribution in [0.5, 0.6) is 0 Å². The highest BCUT2D eigenvalue weighted by Gasteiger charge is 2.20. The van der Waals surface area contributed by atoms with Gasteiger partial charge in [0, 0.05) is 11.9 Å². The van der Waals surface area contributed by atoms with E-state index >= 15 is 0 Å². The van der Waals surface area contributed by atoms with Gasteiger partial charge < -0.3 is 9.64 Å². The van der Waals surface area contributed by atoms with E-state index < -0.39 is 5.97 Å². The molecule has 0 N–H and O–H groups in total. The van der Waals surface area contributed by atoms with Crippen LogP contribution >= 0.6 is 11.3 Å². The summed E-state index contributed by atoms with van der Waals surface area (Å²) in [6.07, 6.45) is 0. The van der Waals surface area contributed by atoms with Crippen molar-refractivity contribution in [3.63, 3.8) is 0 Å². The highest BCUT2D eigenvalue weighted by Crippen LogP contribution is 2.24. The predicted octanol–water partition coefficient (Wildman–Crippen LogP) is 3.12. The summed E-state index contributed by atoms with van der Waals surface area (Å²) in [5, 5.41) is 0. The number of methoxy groups -OCH3 is 1. The molecule has 1 amide bonds. The summed E-state index contributed by atoms with van der Waals surface area (Å²) in [5.41, 5.74) is 0.912. The SMILES string of the molecule is COC(=O)c1ccccc1N(C)C(=O)c1ccc(C)s1. The van der Waals surface area contributed by atoms with Crippen molar-refractivity contribution in [2.45, 2.75) is 6.92 Å². The number of hydrogen-bond donors (Lipinski definition) is 0. The zero-order valence-electron chi connectivity index (χ0n) is 11.5. The van der Waals surface area contributed by atoms with Gasteiger partial charge in [-0.1, -0.05) is 12.1 Å². The van der Waals surface area contributed by atoms with Crippen LogP contribution in [0.1, 0.15) is 24.9 Å². The van der Waals surface area contributed by atoms with Crippen LogP contribution in [0.15, 0.2) is 36.4 Å². The van der Waals surface area contributed by atoms with Crippen molar-refractivity contribution in [3.8, 4) is 0 Å². The van der Waals surface area contributed by atoms with Crippen LogP contribution in [0.3, 0.4) is 0 Å². The van der Waals surface area contributed by atoms with Crippen molar-refractivity contribution in [2.75, 3.05) is 19.1 Å². The van der Waals surface area contributed by atoms with Gasteiger partial charge in [-0.25, -0.2) is 4.79 Å². The molecule has 0 fully saturated rings. The minimum atomic E-state index is -0.456. The molecule has 2 aromatic rings. The van der Waals surface area contributed by atoms with Crippen molar-refractivity contribution in [3.05, 3.63) is 51.7 Å². The Kier molecular flexibility index (Phi) is 4.20. The van der Waals surface area contributed by atoms with Gasteiger partial charge in [-0.2, -0.15) is 0 Å². The van der Waals surface area contributed by atoms with E-state index in [-0.39, 0.29) is 5.91 Å². The zero-order chi connectivity index (χ0) is 14.7. The number of nitrogens with zero attached hydrogens (tertiary/aromatic N) is 1. The molecule has 2 rings (SSSR count). The van der Waals surface area contributed by atoms with E-state index in [2.05, 4.69) is 0 Å². The second kappa shape index (κ2) is 5.88. The number of benzene rings is 1. The van der Waals surface area contributed by atoms with Gasteiger partial charge in [0.2, 0.25) is 0 Å². The van der Waals surface area contributed by atoms with Crippen molar-refractivity contribution in [1.29, 1.82) is 0 Å². The molecule has 0 radical (unpaired) electrons. The quantitative estimate of drug-likeness (QED) is 0.816. The van der Waals surface area contributed by atoms with Crippen molar-refractivity contribution < 1.29 is 14.3 Å². The predicted molar refractivity (Wildman–Crippen MR) is 79.6 cm³/mol. The van der Waals surface area contributed by atoms with Crippen LogP contribution in [-0.4, -0.2) is 26.0 Å². The maximum absolute atomic E-state index is 12.4. The highest BCUT2D eigenvalue weighted by atomic mass is 32.1. The number of para-hydroxylation sites is 1. The fraction of sp³-hybridized carbons (Fsp3) is 0.200. The zero-order valence-corrected chi connectivity index (χ0v) is 12.4. The molecule has 0 saturated heterocycles. The molecular weight excluding hydrogens is 274 g/mol. The Morgan fingerprint density at radius 3 is 2.45 bits per heavy atom. The average molecular weight is 289 g/mol. The molecule has 1 aromatic carbocycles. The number of ether oxygens (including phenoxy) is 1. The van der Waals surface area contributed by atoms with Crippen LogP contribution in [0.4, 0.5) is 5.69 Å². The van der Waals surface area contributed by atoms with Gasteiger partial charge in [-0.3, -0.25) is 4.79 Å². The molecule has 104 valence electrons. The monoisotopic (exact) mass is 289 g/mol. The number of hydrogen-bond acceptors (Lipinski definition) is 4. The second-order valence-corrected chi connectivity index (χ2v) is 5.57. The number of esters is 1. The fourth-order valence-electron chi connectivity index (χ4n) is 1.87. The number of rotatable bonds is 3. The van der Waals surface area contributed by atoms with Crippen molar-refractivity contribution in [2.24, 2.45) is 0 Å². The first kappa shape index (κ1) is 14.3. The lowest BCUT2D eigenvalue weighted by Gasteiger charge is -2.19. The lowest BCUT2D eigenvalue weighted by Crippen LogP contribution is -2.27. The first-order chi connectivity index (χ1) is 9.54. The van der Waals surface area contributed by atoms with Crippen LogP contribution < -0.4 is 4.90 Å². The molecule has 0 unspecified atom stereocenters. The van der Waals surface area contributed by atoms with Gasteiger partial charge >= 0.3 is 5.97 Å². The van der Waals surface area contributed by atoms with Crippen LogP contribution in [0, 0.1) is 6.92 Å². The van der Waals surface area contributed by atoms with Gasteiger partial charge in [0.15, 0.2) is 0 Å². The first-order valence-electron chi connectivity index (χ1n) is 6.06. The molecule has 0 saturated carbocycles. The Morgan fingerprint density at radius 2 is 1.85 bits per heavy atom. The summed E-state index contributed by atoms with van der Waals surface area (Å²) in [4.78, 5) is 27.3. The number of carbonyl (C=O) groups excluding carboxylic acids is 2. The number of thiophene rings is 1. The Bertz CT molecular complexity index is 648. The topological polar surface area (TPSA) is 46.6 Å². The van der Waals surface area contributed by atoms with E-state index in [9.17, 15) is 9.59 Å². The van der Waals surface area contributed by atoms with Crippen molar-refractivity contribution >= 4 is 28.9 Å². The lowest BCUT2D eigenvalue weighted by molar-refractivity contribution is 0.0601. The summed E-state index contributed by atoms with van der Waals surface area (Å²) in [6, 6.07) is 10.6. The van der Waals surface area contributed by atoms with E-state index in [0.29, 0.717) is 16.1 Å². The molecule has 0 atom stereocenters. The Labute approximate surface area is 121 Å². The smallest absolute Gasteiger partial charge is 0.339 e. The standard InChI is InChI=1S/C15H15NO3S/c1-10-8-9-13(20-10)14(17)16(2)12-7-5-4-6-11(12)15(18)19-3/h4-9H,1-3H3. The van der Waals surface area contributed by atoms with Crippen LogP contribution in [-0.2, 0) is 4.74 Å². The van der Waals surface area contributed by atoms with Crippen LogP contribution in [0.2, 0.25) is 0 Å². The molecule has 0 bridgehead atoms. The molecule has 4 nitrogen and oxygen atoms in total. The number of amides is 1. The molecule has 1 aromatic heterocycles. The van der Waals surface area contributed by atoms with Gasteiger partial charge in [0.05, 0.1) is 23.2 Å². The summed E-state index contributed by atoms with van der Waals surface area (Å²) < 4.78 is 4.74. The summed E-state index contributed by atoms with van der Waals surface area (Å²) in [5.74, 6) is -0.595. The fourth-order valence-corrected chi connectivity index (χ4v) is 2.72. The molecule has 0 aliphatic carbocycles. The van der Waals surface area contributed by atoms with Gasteiger partial charge in [-0.15, -0.1) is 11.3 Å². The molecule has 20 heavy (non-hydrogen) atoms. The Morgan fingerprint density at radius 1 is 1.15 bits per heavy atom. The average Bonchev–Trinajstić information content (AvgIpc) is 2.91. The number of aryl methyl sites for hydroxylation is 1. The van der Waals surface area contributed by atoms with E-state index in [1.165, 1.54) is 23.3 Å². The lowest BCUT2D eigenvalue weighted by atomic mass is 10.1.